The molecular formula is C30H33N3O4. The highest BCUT2D eigenvalue weighted by Gasteiger charge is 2.27. The van der Waals surface area contributed by atoms with Gasteiger partial charge in [0.2, 0.25) is 5.91 Å². The second kappa shape index (κ2) is 11.7. The Morgan fingerprint density at radius 1 is 1.14 bits per heavy atom. The van der Waals surface area contributed by atoms with E-state index in [0.29, 0.717) is 23.2 Å². The smallest absolute Gasteiger partial charge is 0.305 e. The summed E-state index contributed by atoms with van der Waals surface area (Å²) in [6.07, 6.45) is 8.92. The quantitative estimate of drug-likeness (QED) is 0.414. The van der Waals surface area contributed by atoms with Gasteiger partial charge < -0.3 is 15.0 Å². The molecule has 0 radical (unpaired) electrons. The summed E-state index contributed by atoms with van der Waals surface area (Å²) in [6.45, 7) is 9.69. The highest BCUT2D eigenvalue weighted by molar-refractivity contribution is 5.82. The zero-order chi connectivity index (χ0) is 27.3. The van der Waals surface area contributed by atoms with Crippen LogP contribution < -0.4 is 10.9 Å². The van der Waals surface area contributed by atoms with Gasteiger partial charge in [0.25, 0.3) is 5.56 Å². The molecule has 0 aliphatic rings. The first-order valence-corrected chi connectivity index (χ1v) is 12.3. The van der Waals surface area contributed by atoms with Gasteiger partial charge in [-0.15, -0.1) is 6.42 Å². The minimum atomic E-state index is -1.08. The number of amides is 1. The molecule has 0 saturated heterocycles. The van der Waals surface area contributed by atoms with E-state index in [0.717, 1.165) is 22.3 Å². The fraction of sp³-hybridized carbons (Fsp3) is 0.333. The standard InChI is InChI=1S/C30H33N3O4/c1-7-24-23(29-20(5)9-8-10-21(29)6)15-22(17-31-24)25(16-28(35)36)32-30(37)26(13-18(2)3)33-12-11-19(4)14-27(33)34/h1,8-12,14-15,17-18,25-26H,13,16H2,2-6H3,(H,32,37)(H,35,36)/t25-,26+/m0/s1. The summed E-state index contributed by atoms with van der Waals surface area (Å²) in [5.74, 6) is 1.23. The molecule has 2 N–H and O–H groups in total. The zero-order valence-electron chi connectivity index (χ0n) is 21.9. The number of rotatable bonds is 9. The number of aromatic nitrogens is 2. The second-order valence-corrected chi connectivity index (χ2v) is 9.83. The molecule has 1 aromatic carbocycles. The molecule has 0 fully saturated rings. The average Bonchev–Trinajstić information content (AvgIpc) is 2.82. The van der Waals surface area contributed by atoms with E-state index in [1.165, 1.54) is 16.8 Å². The predicted octanol–water partition coefficient (Wildman–Crippen LogP) is 4.74. The van der Waals surface area contributed by atoms with Gasteiger partial charge in [0, 0.05) is 24.0 Å². The number of nitrogens with zero attached hydrogens (tertiary/aromatic N) is 2. The Morgan fingerprint density at radius 2 is 1.81 bits per heavy atom. The van der Waals surface area contributed by atoms with E-state index in [9.17, 15) is 19.5 Å². The van der Waals surface area contributed by atoms with Crippen LogP contribution in [-0.2, 0) is 9.59 Å². The molecule has 7 heteroatoms. The second-order valence-electron chi connectivity index (χ2n) is 9.83. The fourth-order valence-corrected chi connectivity index (χ4v) is 4.55. The minimum Gasteiger partial charge on any atom is -0.481 e. The fourth-order valence-electron chi connectivity index (χ4n) is 4.55. The maximum absolute atomic E-state index is 13.6. The predicted molar refractivity (Wildman–Crippen MR) is 144 cm³/mol. The van der Waals surface area contributed by atoms with Crippen molar-refractivity contribution in [2.24, 2.45) is 5.92 Å². The van der Waals surface area contributed by atoms with Gasteiger partial charge >= 0.3 is 5.97 Å². The van der Waals surface area contributed by atoms with Crippen molar-refractivity contribution < 1.29 is 14.7 Å². The van der Waals surface area contributed by atoms with E-state index in [4.69, 9.17) is 6.42 Å². The van der Waals surface area contributed by atoms with Gasteiger partial charge in [-0.2, -0.15) is 0 Å². The van der Waals surface area contributed by atoms with E-state index in [1.54, 1.807) is 18.3 Å². The van der Waals surface area contributed by atoms with Gasteiger partial charge in [-0.3, -0.25) is 14.4 Å². The maximum atomic E-state index is 13.6. The maximum Gasteiger partial charge on any atom is 0.305 e. The van der Waals surface area contributed by atoms with Crippen molar-refractivity contribution in [3.63, 3.8) is 0 Å². The number of carbonyl (C=O) groups is 2. The van der Waals surface area contributed by atoms with E-state index in [-0.39, 0.29) is 17.9 Å². The number of benzene rings is 1. The summed E-state index contributed by atoms with van der Waals surface area (Å²) in [6, 6.07) is 9.30. The Bertz CT molecular complexity index is 1390. The van der Waals surface area contributed by atoms with Crippen molar-refractivity contribution in [3.8, 4) is 23.5 Å². The molecule has 37 heavy (non-hydrogen) atoms. The molecule has 192 valence electrons. The highest BCUT2D eigenvalue weighted by atomic mass is 16.4. The normalized spacial score (nSPS) is 12.6. The number of aliphatic carboxylic acids is 1. The van der Waals surface area contributed by atoms with Crippen LogP contribution in [0.25, 0.3) is 11.1 Å². The van der Waals surface area contributed by atoms with Crippen LogP contribution in [0.15, 0.2) is 53.6 Å². The lowest BCUT2D eigenvalue weighted by Crippen LogP contribution is -2.40. The Balaban J connectivity index is 2.06. The zero-order valence-corrected chi connectivity index (χ0v) is 21.9. The van der Waals surface area contributed by atoms with Crippen molar-refractivity contribution in [1.29, 1.82) is 0 Å². The monoisotopic (exact) mass is 499 g/mol. The molecule has 2 aromatic heterocycles. The van der Waals surface area contributed by atoms with Crippen LogP contribution in [0.4, 0.5) is 0 Å². The lowest BCUT2D eigenvalue weighted by molar-refractivity contribution is -0.138. The molecule has 3 aromatic rings. The minimum absolute atomic E-state index is 0.120. The molecule has 2 atom stereocenters. The topological polar surface area (TPSA) is 101 Å². The van der Waals surface area contributed by atoms with Crippen molar-refractivity contribution in [3.05, 3.63) is 87.1 Å². The molecule has 3 rings (SSSR count). The highest BCUT2D eigenvalue weighted by Crippen LogP contribution is 2.32. The molecule has 2 heterocycles. The molecule has 7 nitrogen and oxygen atoms in total. The number of hydrogen-bond acceptors (Lipinski definition) is 4. The number of pyridine rings is 2. The van der Waals surface area contributed by atoms with E-state index < -0.39 is 24.0 Å². The molecule has 0 aliphatic carbocycles. The van der Waals surface area contributed by atoms with Crippen molar-refractivity contribution in [2.75, 3.05) is 0 Å². The van der Waals surface area contributed by atoms with Crippen LogP contribution in [0.2, 0.25) is 0 Å². The van der Waals surface area contributed by atoms with E-state index in [2.05, 4.69) is 16.2 Å². The third kappa shape index (κ3) is 6.53. The van der Waals surface area contributed by atoms with Crippen LogP contribution >= 0.6 is 0 Å². The van der Waals surface area contributed by atoms with Gasteiger partial charge in [-0.25, -0.2) is 4.98 Å². The van der Waals surface area contributed by atoms with E-state index in [1.807, 2.05) is 52.8 Å². The number of terminal acetylenes is 1. The summed E-state index contributed by atoms with van der Waals surface area (Å²) in [4.78, 5) is 42.5. The molecule has 0 unspecified atom stereocenters. The van der Waals surface area contributed by atoms with Gasteiger partial charge in [-0.05, 0) is 79.0 Å². The largest absolute Gasteiger partial charge is 0.481 e. The Hall–Kier alpha value is -4.18. The van der Waals surface area contributed by atoms with Gasteiger partial charge in [0.1, 0.15) is 11.7 Å². The number of carbonyl (C=O) groups excluding carboxylic acids is 1. The first kappa shape index (κ1) is 27.4. The molecule has 0 saturated carbocycles. The average molecular weight is 500 g/mol. The summed E-state index contributed by atoms with van der Waals surface area (Å²) in [5, 5.41) is 12.5. The van der Waals surface area contributed by atoms with Crippen LogP contribution in [0.1, 0.15) is 66.7 Å². The third-order valence-electron chi connectivity index (χ3n) is 6.33. The SMILES string of the molecule is C#Cc1ncc([C@H](CC(=O)O)NC(=O)[C@@H](CC(C)C)n2ccc(C)cc2=O)cc1-c1c(C)cccc1C. The molecule has 0 spiro atoms. The van der Waals surface area contributed by atoms with Crippen molar-refractivity contribution in [1.82, 2.24) is 14.9 Å². The van der Waals surface area contributed by atoms with Gasteiger partial charge in [0.15, 0.2) is 0 Å². The van der Waals surface area contributed by atoms with Gasteiger partial charge in [0.05, 0.1) is 12.5 Å². The van der Waals surface area contributed by atoms with Crippen molar-refractivity contribution in [2.45, 2.75) is 59.5 Å². The van der Waals surface area contributed by atoms with Crippen LogP contribution in [0.3, 0.4) is 0 Å². The number of nitrogens with one attached hydrogen (secondary N) is 1. The lowest BCUT2D eigenvalue weighted by atomic mass is 9.92. The number of carboxylic acid groups (broad SMARTS) is 1. The van der Waals surface area contributed by atoms with Crippen molar-refractivity contribution >= 4 is 11.9 Å². The summed E-state index contributed by atoms with van der Waals surface area (Å²) in [7, 11) is 0. The van der Waals surface area contributed by atoms with E-state index >= 15 is 0 Å². The Labute approximate surface area is 217 Å². The number of hydrogen-bond donors (Lipinski definition) is 2. The van der Waals surface area contributed by atoms with Gasteiger partial charge in [-0.1, -0.05) is 32.0 Å². The first-order chi connectivity index (χ1) is 17.5. The van der Waals surface area contributed by atoms with Crippen LogP contribution in [0, 0.1) is 39.0 Å². The summed E-state index contributed by atoms with van der Waals surface area (Å²) in [5.41, 5.74) is 5.11. The summed E-state index contributed by atoms with van der Waals surface area (Å²) >= 11 is 0. The number of aryl methyl sites for hydroxylation is 3. The number of carboxylic acids is 1. The third-order valence-corrected chi connectivity index (χ3v) is 6.33. The first-order valence-electron chi connectivity index (χ1n) is 12.3. The molecule has 0 aliphatic heterocycles. The molecule has 1 amide bonds. The molecular weight excluding hydrogens is 466 g/mol. The van der Waals surface area contributed by atoms with Crippen LogP contribution in [0.5, 0.6) is 0 Å². The summed E-state index contributed by atoms with van der Waals surface area (Å²) < 4.78 is 1.40. The Morgan fingerprint density at radius 3 is 2.38 bits per heavy atom. The van der Waals surface area contributed by atoms with Crippen LogP contribution in [-0.4, -0.2) is 26.5 Å². The lowest BCUT2D eigenvalue weighted by Gasteiger charge is -2.25. The molecule has 0 bridgehead atoms. The Kier molecular flexibility index (Phi) is 8.67.